The number of rotatable bonds is 2. The smallest absolute Gasteiger partial charge is 0.0653 e. The Bertz CT molecular complexity index is 317. The third-order valence-corrected chi connectivity index (χ3v) is 2.25. The summed E-state index contributed by atoms with van der Waals surface area (Å²) < 4.78 is 0. The Labute approximate surface area is 86.2 Å². The average Bonchev–Trinajstić information content (AvgIpc) is 2.10. The third kappa shape index (κ3) is 2.25. The first-order valence-electron chi connectivity index (χ1n) is 3.67. The fourth-order valence-electron chi connectivity index (χ4n) is 1.01. The molecule has 0 fully saturated rings. The van der Waals surface area contributed by atoms with Crippen LogP contribution in [-0.2, 0) is 0 Å². The van der Waals surface area contributed by atoms with Crippen molar-refractivity contribution in [2.45, 2.75) is 6.04 Å². The molecular formula is C8H10Cl2N2O. The maximum absolute atomic E-state index is 8.83. The Kier molecular flexibility index (Phi) is 3.39. The molecule has 3 nitrogen and oxygen atoms in total. The van der Waals surface area contributed by atoms with Crippen LogP contribution in [0.2, 0.25) is 10.0 Å². The first-order chi connectivity index (χ1) is 6.06. The van der Waals surface area contributed by atoms with Crippen molar-refractivity contribution in [3.63, 3.8) is 0 Å². The molecule has 1 rings (SSSR count). The molecule has 0 radical (unpaired) electrons. The molecule has 0 saturated carbocycles. The molecule has 13 heavy (non-hydrogen) atoms. The monoisotopic (exact) mass is 220 g/mol. The van der Waals surface area contributed by atoms with Gasteiger partial charge in [0.2, 0.25) is 0 Å². The van der Waals surface area contributed by atoms with E-state index in [1.165, 1.54) is 6.07 Å². The Morgan fingerprint density at radius 3 is 2.54 bits per heavy atom. The molecule has 0 bridgehead atoms. The van der Waals surface area contributed by atoms with Crippen LogP contribution in [0.15, 0.2) is 12.1 Å². The van der Waals surface area contributed by atoms with Crippen molar-refractivity contribution in [1.29, 1.82) is 0 Å². The van der Waals surface area contributed by atoms with Crippen LogP contribution in [0.1, 0.15) is 11.6 Å². The number of nitrogens with two attached hydrogens (primary N) is 2. The topological polar surface area (TPSA) is 72.3 Å². The van der Waals surface area contributed by atoms with Crippen molar-refractivity contribution in [1.82, 2.24) is 0 Å². The van der Waals surface area contributed by atoms with E-state index in [4.69, 9.17) is 39.8 Å². The molecule has 1 aromatic rings. The van der Waals surface area contributed by atoms with Gasteiger partial charge < -0.3 is 16.6 Å². The fraction of sp³-hybridized carbons (Fsp3) is 0.250. The normalized spacial score (nSPS) is 12.9. The highest BCUT2D eigenvalue weighted by Gasteiger charge is 2.11. The van der Waals surface area contributed by atoms with Crippen molar-refractivity contribution in [3.05, 3.63) is 27.7 Å². The molecule has 0 aliphatic heterocycles. The van der Waals surface area contributed by atoms with E-state index in [2.05, 4.69) is 0 Å². The molecule has 0 spiro atoms. The number of halogens is 2. The van der Waals surface area contributed by atoms with Gasteiger partial charge in [-0.3, -0.25) is 0 Å². The van der Waals surface area contributed by atoms with Crippen molar-refractivity contribution in [2.75, 3.05) is 12.3 Å². The number of aliphatic hydroxyl groups excluding tert-OH is 1. The molecule has 72 valence electrons. The van der Waals surface area contributed by atoms with E-state index in [0.29, 0.717) is 21.3 Å². The fourth-order valence-corrected chi connectivity index (χ4v) is 1.52. The van der Waals surface area contributed by atoms with Gasteiger partial charge in [0.05, 0.1) is 23.4 Å². The van der Waals surface area contributed by atoms with E-state index in [1.807, 2.05) is 0 Å². The number of hydrogen-bond donors (Lipinski definition) is 3. The van der Waals surface area contributed by atoms with Crippen LogP contribution < -0.4 is 11.5 Å². The van der Waals surface area contributed by atoms with Crippen LogP contribution in [0, 0.1) is 0 Å². The largest absolute Gasteiger partial charge is 0.397 e. The molecule has 1 atom stereocenters. The van der Waals surface area contributed by atoms with Gasteiger partial charge in [-0.2, -0.15) is 0 Å². The molecule has 0 heterocycles. The highest BCUT2D eigenvalue weighted by atomic mass is 35.5. The Morgan fingerprint density at radius 2 is 2.00 bits per heavy atom. The predicted molar refractivity (Wildman–Crippen MR) is 54.9 cm³/mol. The summed E-state index contributed by atoms with van der Waals surface area (Å²) in [5.74, 6) is 0. The first-order valence-corrected chi connectivity index (χ1v) is 4.42. The van der Waals surface area contributed by atoms with Crippen LogP contribution in [0.5, 0.6) is 0 Å². The zero-order valence-corrected chi connectivity index (χ0v) is 8.31. The summed E-state index contributed by atoms with van der Waals surface area (Å²) >= 11 is 11.5. The minimum atomic E-state index is -0.545. The maximum atomic E-state index is 8.83. The van der Waals surface area contributed by atoms with Crippen molar-refractivity contribution >= 4 is 28.9 Å². The molecule has 0 aliphatic carbocycles. The SMILES string of the molecule is Nc1c(Cl)cc(Cl)cc1[C@H](N)CO. The van der Waals surface area contributed by atoms with Crippen LogP contribution in [0.25, 0.3) is 0 Å². The number of benzene rings is 1. The molecule has 0 saturated heterocycles. The molecule has 0 aliphatic rings. The molecule has 0 unspecified atom stereocenters. The van der Waals surface area contributed by atoms with Crippen LogP contribution in [-0.4, -0.2) is 11.7 Å². The van der Waals surface area contributed by atoms with Gasteiger partial charge in [-0.15, -0.1) is 0 Å². The summed E-state index contributed by atoms with van der Waals surface area (Å²) in [6, 6.07) is 2.59. The lowest BCUT2D eigenvalue weighted by atomic mass is 10.1. The second-order valence-electron chi connectivity index (χ2n) is 2.68. The van der Waals surface area contributed by atoms with Gasteiger partial charge in [-0.25, -0.2) is 0 Å². The maximum Gasteiger partial charge on any atom is 0.0653 e. The van der Waals surface area contributed by atoms with E-state index < -0.39 is 6.04 Å². The van der Waals surface area contributed by atoms with Crippen molar-refractivity contribution < 1.29 is 5.11 Å². The highest BCUT2D eigenvalue weighted by molar-refractivity contribution is 6.36. The lowest BCUT2D eigenvalue weighted by Crippen LogP contribution is -2.16. The lowest BCUT2D eigenvalue weighted by molar-refractivity contribution is 0.268. The number of aliphatic hydroxyl groups is 1. The van der Waals surface area contributed by atoms with E-state index in [-0.39, 0.29) is 6.61 Å². The second-order valence-corrected chi connectivity index (χ2v) is 3.52. The molecule has 5 heteroatoms. The number of hydrogen-bond acceptors (Lipinski definition) is 3. The van der Waals surface area contributed by atoms with Crippen LogP contribution in [0.4, 0.5) is 5.69 Å². The zero-order valence-electron chi connectivity index (χ0n) is 6.80. The molecule has 0 aromatic heterocycles. The minimum absolute atomic E-state index is 0.194. The predicted octanol–water partition coefficient (Wildman–Crippen LogP) is 1.57. The lowest BCUT2D eigenvalue weighted by Gasteiger charge is -2.13. The van der Waals surface area contributed by atoms with Crippen molar-refractivity contribution in [2.24, 2.45) is 5.73 Å². The Hall–Kier alpha value is -0.480. The van der Waals surface area contributed by atoms with Gasteiger partial charge in [0, 0.05) is 5.02 Å². The quantitative estimate of drug-likeness (QED) is 0.663. The summed E-state index contributed by atoms with van der Waals surface area (Å²) in [7, 11) is 0. The number of nitrogen functional groups attached to an aromatic ring is 1. The molecule has 0 amide bonds. The zero-order chi connectivity index (χ0) is 10.0. The molecule has 1 aromatic carbocycles. The molecule has 5 N–H and O–H groups in total. The van der Waals surface area contributed by atoms with E-state index in [1.54, 1.807) is 6.07 Å². The summed E-state index contributed by atoms with van der Waals surface area (Å²) in [6.45, 7) is -0.194. The average molecular weight is 221 g/mol. The van der Waals surface area contributed by atoms with Gasteiger partial charge in [0.25, 0.3) is 0 Å². The summed E-state index contributed by atoms with van der Waals surface area (Å²) in [5.41, 5.74) is 12.2. The van der Waals surface area contributed by atoms with Crippen LogP contribution in [0.3, 0.4) is 0 Å². The van der Waals surface area contributed by atoms with E-state index >= 15 is 0 Å². The standard InChI is InChI=1S/C8H10Cl2N2O/c9-4-1-5(7(11)3-13)8(12)6(10)2-4/h1-2,7,13H,3,11-12H2/t7-/m1/s1. The number of anilines is 1. The first kappa shape index (κ1) is 10.6. The van der Waals surface area contributed by atoms with Crippen molar-refractivity contribution in [3.8, 4) is 0 Å². The highest BCUT2D eigenvalue weighted by Crippen LogP contribution is 2.30. The van der Waals surface area contributed by atoms with E-state index in [9.17, 15) is 0 Å². The Balaban J connectivity index is 3.20. The van der Waals surface area contributed by atoms with E-state index in [0.717, 1.165) is 0 Å². The van der Waals surface area contributed by atoms with Gasteiger partial charge in [0.15, 0.2) is 0 Å². The van der Waals surface area contributed by atoms with Crippen LogP contribution >= 0.6 is 23.2 Å². The second kappa shape index (κ2) is 4.15. The van der Waals surface area contributed by atoms with Gasteiger partial charge >= 0.3 is 0 Å². The third-order valence-electron chi connectivity index (χ3n) is 1.72. The summed E-state index contributed by atoms with van der Waals surface area (Å²) in [4.78, 5) is 0. The summed E-state index contributed by atoms with van der Waals surface area (Å²) in [5, 5.41) is 9.64. The Morgan fingerprint density at radius 1 is 1.38 bits per heavy atom. The van der Waals surface area contributed by atoms with Gasteiger partial charge in [-0.05, 0) is 17.7 Å². The molecular weight excluding hydrogens is 211 g/mol. The minimum Gasteiger partial charge on any atom is -0.397 e. The summed E-state index contributed by atoms with van der Waals surface area (Å²) in [6.07, 6.45) is 0. The van der Waals surface area contributed by atoms with Gasteiger partial charge in [-0.1, -0.05) is 23.2 Å². The van der Waals surface area contributed by atoms with Gasteiger partial charge in [0.1, 0.15) is 0 Å².